The van der Waals surface area contributed by atoms with Gasteiger partial charge in [0, 0.05) is 0 Å². The van der Waals surface area contributed by atoms with Gasteiger partial charge in [0.2, 0.25) is 0 Å². The lowest BCUT2D eigenvalue weighted by atomic mass is 10.1. The van der Waals surface area contributed by atoms with Crippen LogP contribution in [-0.4, -0.2) is 27.1 Å². The minimum atomic E-state index is -1.10. The predicted octanol–water partition coefficient (Wildman–Crippen LogP) is 3.36. The van der Waals surface area contributed by atoms with Gasteiger partial charge in [-0.2, -0.15) is 0 Å². The molecule has 1 aromatic carbocycles. The second-order valence-electron chi connectivity index (χ2n) is 3.72. The van der Waals surface area contributed by atoms with Crippen molar-refractivity contribution in [2.75, 3.05) is 0 Å². The molecule has 0 atom stereocenters. The summed E-state index contributed by atoms with van der Waals surface area (Å²) in [4.78, 5) is 25.7. The van der Waals surface area contributed by atoms with E-state index >= 15 is 0 Å². The molecule has 7 heteroatoms. The quantitative estimate of drug-likeness (QED) is 0.904. The molecule has 0 unspecified atom stereocenters. The third kappa shape index (κ3) is 3.04. The summed E-state index contributed by atoms with van der Waals surface area (Å²) in [6.07, 6.45) is 4.45. The maximum atomic E-state index is 10.9. The van der Waals surface area contributed by atoms with Gasteiger partial charge in [0.25, 0.3) is 0 Å². The minimum Gasteiger partial charge on any atom is -0.478 e. The molecular weight excluding hydrogens is 302 g/mol. The summed E-state index contributed by atoms with van der Waals surface area (Å²) in [5.74, 6) is -2.14. The molecule has 2 rings (SSSR count). The molecule has 0 aliphatic rings. The zero-order valence-corrected chi connectivity index (χ0v) is 11.5. The molecule has 0 spiro atoms. The van der Waals surface area contributed by atoms with Gasteiger partial charge in [-0.05, 0) is 17.7 Å². The van der Waals surface area contributed by atoms with E-state index in [-0.39, 0.29) is 15.5 Å². The number of aromatic carboxylic acids is 2. The van der Waals surface area contributed by atoms with Crippen LogP contribution in [0.1, 0.15) is 30.6 Å². The largest absolute Gasteiger partial charge is 0.478 e. The van der Waals surface area contributed by atoms with Crippen LogP contribution in [-0.2, 0) is 0 Å². The number of carbonyl (C=O) groups is 2. The highest BCUT2D eigenvalue weighted by Crippen LogP contribution is 2.24. The highest BCUT2D eigenvalue weighted by molar-refractivity contribution is 7.14. The molecular formula is C13H8ClNO4S. The average Bonchev–Trinajstić information content (AvgIpc) is 2.86. The number of hydrogen-bond donors (Lipinski definition) is 2. The smallest absolute Gasteiger partial charge is 0.347 e. The molecule has 102 valence electrons. The van der Waals surface area contributed by atoms with E-state index in [1.54, 1.807) is 24.3 Å². The van der Waals surface area contributed by atoms with Crippen molar-refractivity contribution in [1.29, 1.82) is 0 Å². The van der Waals surface area contributed by atoms with Crippen LogP contribution in [0, 0.1) is 0 Å². The Morgan fingerprint density at radius 2 is 1.95 bits per heavy atom. The van der Waals surface area contributed by atoms with Crippen LogP contribution in [0.2, 0.25) is 5.02 Å². The highest BCUT2D eigenvalue weighted by Gasteiger charge is 2.10. The van der Waals surface area contributed by atoms with E-state index in [1.807, 2.05) is 0 Å². The van der Waals surface area contributed by atoms with Crippen molar-refractivity contribution in [3.05, 3.63) is 50.4 Å². The van der Waals surface area contributed by atoms with Crippen molar-refractivity contribution >= 4 is 47.0 Å². The number of nitrogens with zero attached hydrogens (tertiary/aromatic N) is 1. The Kier molecular flexibility index (Phi) is 4.16. The Morgan fingerprint density at radius 1 is 1.20 bits per heavy atom. The summed E-state index contributed by atoms with van der Waals surface area (Å²) in [6.45, 7) is 0. The number of halogens is 1. The normalized spacial score (nSPS) is 10.8. The Morgan fingerprint density at radius 3 is 2.55 bits per heavy atom. The first-order valence-electron chi connectivity index (χ1n) is 5.38. The second-order valence-corrected chi connectivity index (χ2v) is 5.16. The maximum absolute atomic E-state index is 10.9. The van der Waals surface area contributed by atoms with Gasteiger partial charge in [-0.3, -0.25) is 0 Å². The molecule has 0 radical (unpaired) electrons. The summed E-state index contributed by atoms with van der Waals surface area (Å²) >= 11 is 7.00. The van der Waals surface area contributed by atoms with Crippen molar-refractivity contribution < 1.29 is 19.8 Å². The fourth-order valence-corrected chi connectivity index (χ4v) is 2.40. The zero-order valence-electron chi connectivity index (χ0n) is 9.91. The second kappa shape index (κ2) is 5.85. The first kappa shape index (κ1) is 14.2. The van der Waals surface area contributed by atoms with Crippen molar-refractivity contribution in [3.63, 3.8) is 0 Å². The van der Waals surface area contributed by atoms with E-state index < -0.39 is 11.9 Å². The number of aromatic nitrogens is 1. The molecule has 0 fully saturated rings. The first-order valence-corrected chi connectivity index (χ1v) is 6.57. The number of carboxylic acid groups (broad SMARTS) is 2. The molecule has 0 aliphatic carbocycles. The number of rotatable bonds is 4. The lowest BCUT2D eigenvalue weighted by Crippen LogP contribution is -1.97. The van der Waals surface area contributed by atoms with Crippen LogP contribution >= 0.6 is 22.9 Å². The van der Waals surface area contributed by atoms with E-state index in [0.29, 0.717) is 10.6 Å². The Balaban J connectivity index is 2.29. The number of carboxylic acids is 2. The monoisotopic (exact) mass is 309 g/mol. The van der Waals surface area contributed by atoms with Crippen molar-refractivity contribution in [2.45, 2.75) is 0 Å². The molecule has 0 saturated heterocycles. The number of thiazole rings is 1. The van der Waals surface area contributed by atoms with Gasteiger partial charge in [0.05, 0.1) is 16.8 Å². The first-order chi connectivity index (χ1) is 9.49. The van der Waals surface area contributed by atoms with Crippen LogP contribution < -0.4 is 0 Å². The summed E-state index contributed by atoms with van der Waals surface area (Å²) in [7, 11) is 0. The highest BCUT2D eigenvalue weighted by atomic mass is 35.5. The molecule has 2 aromatic rings. The van der Waals surface area contributed by atoms with E-state index in [4.69, 9.17) is 21.8 Å². The predicted molar refractivity (Wildman–Crippen MR) is 76.4 cm³/mol. The Bertz CT molecular complexity index is 708. The molecule has 2 N–H and O–H groups in total. The molecule has 0 amide bonds. The maximum Gasteiger partial charge on any atom is 0.347 e. The van der Waals surface area contributed by atoms with Crippen molar-refractivity contribution in [3.8, 4) is 0 Å². The average molecular weight is 310 g/mol. The zero-order chi connectivity index (χ0) is 14.7. The third-order valence-corrected chi connectivity index (χ3v) is 3.77. The van der Waals surface area contributed by atoms with Crippen LogP contribution in [0.15, 0.2) is 24.4 Å². The Labute approximate surface area is 122 Å². The van der Waals surface area contributed by atoms with Crippen LogP contribution in [0.3, 0.4) is 0 Å². The van der Waals surface area contributed by atoms with Crippen molar-refractivity contribution in [1.82, 2.24) is 4.98 Å². The lowest BCUT2D eigenvalue weighted by molar-refractivity contribution is 0.0688. The van der Waals surface area contributed by atoms with Gasteiger partial charge >= 0.3 is 11.9 Å². The van der Waals surface area contributed by atoms with Crippen LogP contribution in [0.5, 0.6) is 0 Å². The van der Waals surface area contributed by atoms with Gasteiger partial charge in [-0.25, -0.2) is 14.6 Å². The number of hydrogen-bond acceptors (Lipinski definition) is 4. The standard InChI is InChI=1S/C13H8ClNO4S/c14-11-7(2-1-3-8(11)12(16)17)4-5-10-15-6-9(20-10)13(18)19/h1-6H,(H,16,17)(H,18,19)/b5-4+. The minimum absolute atomic E-state index is 0.0131. The summed E-state index contributed by atoms with van der Waals surface area (Å²) in [5, 5.41) is 18.4. The van der Waals surface area contributed by atoms with Gasteiger partial charge in [0.1, 0.15) is 9.88 Å². The summed E-state index contributed by atoms with van der Waals surface area (Å²) in [5.41, 5.74) is 0.540. The molecule has 1 heterocycles. The van der Waals surface area contributed by atoms with E-state index in [9.17, 15) is 9.59 Å². The van der Waals surface area contributed by atoms with Gasteiger partial charge < -0.3 is 10.2 Å². The third-order valence-electron chi connectivity index (χ3n) is 2.40. The summed E-state index contributed by atoms with van der Waals surface area (Å²) < 4.78 is 0. The van der Waals surface area contributed by atoms with Crippen molar-refractivity contribution in [2.24, 2.45) is 0 Å². The fourth-order valence-electron chi connectivity index (χ4n) is 1.47. The molecule has 0 bridgehead atoms. The Hall–Kier alpha value is -2.18. The summed E-state index contributed by atoms with van der Waals surface area (Å²) in [6, 6.07) is 4.66. The van der Waals surface area contributed by atoms with Gasteiger partial charge in [-0.15, -0.1) is 11.3 Å². The lowest BCUT2D eigenvalue weighted by Gasteiger charge is -2.01. The molecule has 0 saturated carbocycles. The van der Waals surface area contributed by atoms with Gasteiger partial charge in [-0.1, -0.05) is 29.8 Å². The molecule has 20 heavy (non-hydrogen) atoms. The van der Waals surface area contributed by atoms with Crippen LogP contribution in [0.25, 0.3) is 12.2 Å². The van der Waals surface area contributed by atoms with E-state index in [1.165, 1.54) is 12.3 Å². The fraction of sp³-hybridized carbons (Fsp3) is 0. The van der Waals surface area contributed by atoms with E-state index in [0.717, 1.165) is 11.3 Å². The van der Waals surface area contributed by atoms with E-state index in [2.05, 4.69) is 4.98 Å². The SMILES string of the molecule is O=C(O)c1cnc(/C=C/c2cccc(C(=O)O)c2Cl)s1. The molecule has 0 aliphatic heterocycles. The molecule has 1 aromatic heterocycles. The molecule has 5 nitrogen and oxygen atoms in total. The van der Waals surface area contributed by atoms with Crippen LogP contribution in [0.4, 0.5) is 0 Å². The van der Waals surface area contributed by atoms with Gasteiger partial charge in [0.15, 0.2) is 0 Å². The number of benzene rings is 1. The topological polar surface area (TPSA) is 87.5 Å².